The highest BCUT2D eigenvalue weighted by atomic mass is 35.5. The molecule has 3 rings (SSSR count). The quantitative estimate of drug-likeness (QED) is 0.729. The zero-order chi connectivity index (χ0) is 18.8. The lowest BCUT2D eigenvalue weighted by Gasteiger charge is -2.36. The van der Waals surface area contributed by atoms with E-state index < -0.39 is 6.04 Å². The van der Waals surface area contributed by atoms with Gasteiger partial charge < -0.3 is 9.64 Å². The van der Waals surface area contributed by atoms with Crippen LogP contribution < -0.4 is 4.90 Å². The highest BCUT2D eigenvalue weighted by Crippen LogP contribution is 2.33. The van der Waals surface area contributed by atoms with Crippen LogP contribution in [0.1, 0.15) is 13.3 Å². The summed E-state index contributed by atoms with van der Waals surface area (Å²) in [5.41, 5.74) is 0.346. The van der Waals surface area contributed by atoms with E-state index in [4.69, 9.17) is 27.9 Å². The Morgan fingerprint density at radius 3 is 2.50 bits per heavy atom. The van der Waals surface area contributed by atoms with Crippen molar-refractivity contribution in [2.24, 2.45) is 0 Å². The van der Waals surface area contributed by atoms with Crippen molar-refractivity contribution in [2.75, 3.05) is 37.7 Å². The van der Waals surface area contributed by atoms with Crippen LogP contribution in [0.3, 0.4) is 0 Å². The summed E-state index contributed by atoms with van der Waals surface area (Å²) in [6, 6.07) is 4.12. The molecule has 2 fully saturated rings. The van der Waals surface area contributed by atoms with Crippen LogP contribution in [0.15, 0.2) is 18.2 Å². The second-order valence-corrected chi connectivity index (χ2v) is 6.95. The summed E-state index contributed by atoms with van der Waals surface area (Å²) in [4.78, 5) is 41.7. The fraction of sp³-hybridized carbons (Fsp3) is 0.471. The topological polar surface area (TPSA) is 70.2 Å². The number of carbonyl (C=O) groups is 3. The first-order chi connectivity index (χ1) is 12.4. The zero-order valence-electron chi connectivity index (χ0n) is 14.3. The predicted molar refractivity (Wildman–Crippen MR) is 97.5 cm³/mol. The molecule has 1 aromatic carbocycles. The largest absolute Gasteiger partial charge is 0.450 e. The van der Waals surface area contributed by atoms with Crippen molar-refractivity contribution in [2.45, 2.75) is 19.4 Å². The number of nitrogens with zero attached hydrogens (tertiary/aromatic N) is 3. The first kappa shape index (κ1) is 18.9. The molecule has 0 aromatic heterocycles. The maximum atomic E-state index is 12.8. The Balaban J connectivity index is 1.69. The Kier molecular flexibility index (Phi) is 5.70. The molecule has 3 amide bonds. The molecule has 9 heteroatoms. The van der Waals surface area contributed by atoms with E-state index in [9.17, 15) is 14.4 Å². The van der Waals surface area contributed by atoms with Crippen molar-refractivity contribution in [3.8, 4) is 0 Å². The third kappa shape index (κ3) is 3.65. The van der Waals surface area contributed by atoms with Crippen molar-refractivity contribution in [1.82, 2.24) is 9.80 Å². The summed E-state index contributed by atoms with van der Waals surface area (Å²) in [7, 11) is 0. The molecule has 0 aliphatic carbocycles. The van der Waals surface area contributed by atoms with Crippen molar-refractivity contribution < 1.29 is 19.1 Å². The summed E-state index contributed by atoms with van der Waals surface area (Å²) >= 11 is 12.0. The number of halogens is 2. The first-order valence-electron chi connectivity index (χ1n) is 8.40. The van der Waals surface area contributed by atoms with Crippen LogP contribution >= 0.6 is 23.2 Å². The Hall–Kier alpha value is -1.83. The molecule has 0 unspecified atom stereocenters. The molecular weight excluding hydrogens is 381 g/mol. The molecule has 0 bridgehead atoms. The monoisotopic (exact) mass is 399 g/mol. The van der Waals surface area contributed by atoms with Crippen molar-refractivity contribution in [3.63, 3.8) is 0 Å². The van der Waals surface area contributed by atoms with Gasteiger partial charge in [-0.15, -0.1) is 0 Å². The van der Waals surface area contributed by atoms with E-state index in [1.165, 1.54) is 6.07 Å². The van der Waals surface area contributed by atoms with Gasteiger partial charge in [0.15, 0.2) is 0 Å². The number of benzene rings is 1. The Bertz CT molecular complexity index is 735. The Morgan fingerprint density at radius 2 is 1.88 bits per heavy atom. The minimum absolute atomic E-state index is 0.0944. The summed E-state index contributed by atoms with van der Waals surface area (Å²) in [5.74, 6) is -0.596. The van der Waals surface area contributed by atoms with E-state index in [0.29, 0.717) is 43.5 Å². The fourth-order valence-corrected chi connectivity index (χ4v) is 3.74. The van der Waals surface area contributed by atoms with Gasteiger partial charge in [0.2, 0.25) is 5.91 Å². The molecule has 1 aromatic rings. The highest BCUT2D eigenvalue weighted by molar-refractivity contribution is 6.38. The standard InChI is InChI=1S/C17H19Cl2N3O4/c1-2-26-17(25)21-7-5-20(6-8-21)14-10-15(23)22(16(14)24)13-4-3-11(18)9-12(13)19/h3-4,9,14H,2,5-8,10H2,1H3/t14-/m1/s1. The summed E-state index contributed by atoms with van der Waals surface area (Å²) in [6.45, 7) is 4.01. The molecule has 1 atom stereocenters. The lowest BCUT2D eigenvalue weighted by molar-refractivity contribution is -0.123. The number of piperazine rings is 1. The summed E-state index contributed by atoms with van der Waals surface area (Å²) < 4.78 is 4.99. The molecule has 140 valence electrons. The van der Waals surface area contributed by atoms with Gasteiger partial charge in [-0.2, -0.15) is 0 Å². The van der Waals surface area contributed by atoms with E-state index >= 15 is 0 Å². The van der Waals surface area contributed by atoms with Crippen LogP contribution in [-0.4, -0.2) is 66.5 Å². The van der Waals surface area contributed by atoms with Gasteiger partial charge in [0.25, 0.3) is 5.91 Å². The number of imide groups is 1. The number of hydrogen-bond acceptors (Lipinski definition) is 5. The smallest absolute Gasteiger partial charge is 0.409 e. The lowest BCUT2D eigenvalue weighted by Crippen LogP contribution is -2.54. The van der Waals surface area contributed by atoms with E-state index in [2.05, 4.69) is 0 Å². The molecule has 2 aliphatic rings. The van der Waals surface area contributed by atoms with Gasteiger partial charge in [-0.1, -0.05) is 23.2 Å². The summed E-state index contributed by atoms with van der Waals surface area (Å²) in [5, 5.41) is 0.691. The van der Waals surface area contributed by atoms with Gasteiger partial charge in [-0.05, 0) is 25.1 Å². The molecular formula is C17H19Cl2N3O4. The van der Waals surface area contributed by atoms with Crippen molar-refractivity contribution >= 4 is 46.8 Å². The average Bonchev–Trinajstić information content (AvgIpc) is 2.90. The molecule has 2 aliphatic heterocycles. The number of amides is 3. The van der Waals surface area contributed by atoms with Crippen LogP contribution in [0.5, 0.6) is 0 Å². The molecule has 0 N–H and O–H groups in total. The zero-order valence-corrected chi connectivity index (χ0v) is 15.8. The molecule has 2 heterocycles. The first-order valence-corrected chi connectivity index (χ1v) is 9.15. The van der Waals surface area contributed by atoms with E-state index in [1.807, 2.05) is 4.90 Å². The van der Waals surface area contributed by atoms with Gasteiger partial charge in [-0.3, -0.25) is 14.5 Å². The second kappa shape index (κ2) is 7.82. The van der Waals surface area contributed by atoms with Crippen molar-refractivity contribution in [1.29, 1.82) is 0 Å². The molecule has 0 saturated carbocycles. The van der Waals surface area contributed by atoms with Crippen LogP contribution in [-0.2, 0) is 14.3 Å². The maximum Gasteiger partial charge on any atom is 0.409 e. The second-order valence-electron chi connectivity index (χ2n) is 6.10. The molecule has 0 spiro atoms. The van der Waals surface area contributed by atoms with Crippen LogP contribution in [0.2, 0.25) is 10.0 Å². The predicted octanol–water partition coefficient (Wildman–Crippen LogP) is 2.40. The third-order valence-electron chi connectivity index (χ3n) is 4.55. The molecule has 7 nitrogen and oxygen atoms in total. The van der Waals surface area contributed by atoms with Gasteiger partial charge in [0.05, 0.1) is 29.8 Å². The summed E-state index contributed by atoms with van der Waals surface area (Å²) in [6.07, 6.45) is -0.257. The van der Waals surface area contributed by atoms with Crippen LogP contribution in [0.25, 0.3) is 0 Å². The minimum Gasteiger partial charge on any atom is -0.450 e. The molecule has 2 saturated heterocycles. The molecule has 0 radical (unpaired) electrons. The lowest BCUT2D eigenvalue weighted by atomic mass is 10.2. The Morgan fingerprint density at radius 1 is 1.19 bits per heavy atom. The van der Waals surface area contributed by atoms with E-state index in [0.717, 1.165) is 4.90 Å². The van der Waals surface area contributed by atoms with Crippen molar-refractivity contribution in [3.05, 3.63) is 28.2 Å². The van der Waals surface area contributed by atoms with E-state index in [1.54, 1.807) is 24.0 Å². The number of hydrogen-bond donors (Lipinski definition) is 0. The van der Waals surface area contributed by atoms with E-state index in [-0.39, 0.29) is 29.4 Å². The number of carbonyl (C=O) groups excluding carboxylic acids is 3. The SMILES string of the molecule is CCOC(=O)N1CCN([C@@H]2CC(=O)N(c3ccc(Cl)cc3Cl)C2=O)CC1. The van der Waals surface area contributed by atoms with Crippen LogP contribution in [0, 0.1) is 0 Å². The minimum atomic E-state index is -0.543. The van der Waals surface area contributed by atoms with Gasteiger partial charge in [-0.25, -0.2) is 9.69 Å². The number of ether oxygens (including phenoxy) is 1. The third-order valence-corrected chi connectivity index (χ3v) is 5.09. The maximum absolute atomic E-state index is 12.8. The Labute approximate surface area is 161 Å². The van der Waals surface area contributed by atoms with Gasteiger partial charge >= 0.3 is 6.09 Å². The molecule has 26 heavy (non-hydrogen) atoms. The fourth-order valence-electron chi connectivity index (χ4n) is 3.25. The highest BCUT2D eigenvalue weighted by Gasteiger charge is 2.44. The van der Waals surface area contributed by atoms with Gasteiger partial charge in [0, 0.05) is 31.2 Å². The normalized spacial score (nSPS) is 21.4. The number of anilines is 1. The number of rotatable bonds is 3. The van der Waals surface area contributed by atoms with Crippen LogP contribution in [0.4, 0.5) is 10.5 Å². The average molecular weight is 400 g/mol. The van der Waals surface area contributed by atoms with Gasteiger partial charge in [0.1, 0.15) is 0 Å².